The first kappa shape index (κ1) is 11.7. The van der Waals surface area contributed by atoms with Crippen LogP contribution in [0.25, 0.3) is 0 Å². The minimum Gasteiger partial charge on any atom is -0.469 e. The Bertz CT molecular complexity index is 198. The predicted octanol–water partition coefficient (Wildman–Crippen LogP) is 2.34. The Morgan fingerprint density at radius 3 is 2.15 bits per heavy atom. The summed E-state index contributed by atoms with van der Waals surface area (Å²) in [6.07, 6.45) is 5.73. The molecule has 0 fully saturated rings. The predicted molar refractivity (Wildman–Crippen MR) is 54.2 cm³/mol. The minimum atomic E-state index is -0.272. The van der Waals surface area contributed by atoms with Gasteiger partial charge in [0.25, 0.3) is 0 Å². The van der Waals surface area contributed by atoms with Crippen LogP contribution in [0.2, 0.25) is 0 Å². The second-order valence-electron chi connectivity index (χ2n) is 2.74. The highest BCUT2D eigenvalue weighted by atomic mass is 16.5. The number of hydrogen-bond acceptors (Lipinski definition) is 2. The lowest BCUT2D eigenvalue weighted by Crippen LogP contribution is -2.16. The number of ether oxygens (including phenoxy) is 1. The van der Waals surface area contributed by atoms with Crippen molar-refractivity contribution in [3.8, 4) is 0 Å². The molecule has 0 radical (unpaired) electrons. The zero-order chi connectivity index (χ0) is 10.3. The Kier molecular flexibility index (Phi) is 5.60. The van der Waals surface area contributed by atoms with Crippen molar-refractivity contribution in [1.82, 2.24) is 0 Å². The first-order valence-corrected chi connectivity index (χ1v) is 4.15. The van der Waals surface area contributed by atoms with Crippen LogP contribution in [0.3, 0.4) is 0 Å². The lowest BCUT2D eigenvalue weighted by Gasteiger charge is -2.13. The largest absolute Gasteiger partial charge is 0.469 e. The summed E-state index contributed by atoms with van der Waals surface area (Å²) in [5.74, 6) is -0.406. The molecule has 0 saturated carbocycles. The Hall–Kier alpha value is -1.31. The maximum atomic E-state index is 11.1. The van der Waals surface area contributed by atoms with Gasteiger partial charge in [0.1, 0.15) is 0 Å². The molecule has 0 aliphatic rings. The van der Waals surface area contributed by atoms with Gasteiger partial charge in [-0.2, -0.15) is 0 Å². The number of methoxy groups -OCH3 is 1. The monoisotopic (exact) mass is 180 g/mol. The molecule has 0 N–H and O–H groups in total. The maximum Gasteiger partial charge on any atom is 0.312 e. The van der Waals surface area contributed by atoms with Crippen LogP contribution in [-0.2, 0) is 9.53 Å². The Morgan fingerprint density at radius 1 is 1.31 bits per heavy atom. The smallest absolute Gasteiger partial charge is 0.312 e. The van der Waals surface area contributed by atoms with Crippen molar-refractivity contribution < 1.29 is 9.53 Å². The number of allylic oxidation sites excluding steroid dienone is 2. The summed E-state index contributed by atoms with van der Waals surface area (Å²) in [6, 6.07) is 0. The molecular formula is C11H16O2. The fourth-order valence-electron chi connectivity index (χ4n) is 1.02. The van der Waals surface area contributed by atoms with Crippen LogP contribution in [0.1, 0.15) is 6.42 Å². The number of rotatable bonds is 6. The van der Waals surface area contributed by atoms with Gasteiger partial charge in [0.2, 0.25) is 0 Å². The number of carbonyl (C=O) groups is 1. The molecule has 0 aromatic rings. The van der Waals surface area contributed by atoms with Gasteiger partial charge in [0.15, 0.2) is 0 Å². The van der Waals surface area contributed by atoms with Gasteiger partial charge < -0.3 is 4.74 Å². The summed E-state index contributed by atoms with van der Waals surface area (Å²) in [7, 11) is 1.37. The first-order valence-electron chi connectivity index (χ1n) is 4.15. The summed E-state index contributed by atoms with van der Waals surface area (Å²) in [4.78, 5) is 11.1. The third kappa shape index (κ3) is 3.74. The molecule has 0 saturated heterocycles. The van der Waals surface area contributed by atoms with Crippen LogP contribution in [0.15, 0.2) is 38.0 Å². The molecule has 0 rings (SSSR count). The van der Waals surface area contributed by atoms with Gasteiger partial charge in [-0.3, -0.25) is 4.79 Å². The molecule has 0 aromatic heterocycles. The van der Waals surface area contributed by atoms with Crippen molar-refractivity contribution in [2.75, 3.05) is 7.11 Å². The van der Waals surface area contributed by atoms with E-state index in [1.165, 1.54) is 7.11 Å². The fraction of sp³-hybridized carbons (Fsp3) is 0.364. The maximum absolute atomic E-state index is 11.1. The lowest BCUT2D eigenvalue weighted by molar-refractivity contribution is -0.144. The van der Waals surface area contributed by atoms with Gasteiger partial charge in [-0.25, -0.2) is 0 Å². The molecule has 1 atom stereocenters. The standard InChI is InChI=1S/C11H16O2/c1-5-9(6-2)8-10(7-3)11(12)13-4/h5-7,9-10H,1-3,8H2,4H3. The van der Waals surface area contributed by atoms with Crippen molar-refractivity contribution in [2.45, 2.75) is 6.42 Å². The van der Waals surface area contributed by atoms with Crippen LogP contribution in [0, 0.1) is 11.8 Å². The molecule has 0 spiro atoms. The highest BCUT2D eigenvalue weighted by Gasteiger charge is 2.17. The van der Waals surface area contributed by atoms with Gasteiger partial charge in [-0.05, 0) is 12.3 Å². The van der Waals surface area contributed by atoms with Gasteiger partial charge in [0, 0.05) is 0 Å². The van der Waals surface area contributed by atoms with Crippen LogP contribution < -0.4 is 0 Å². The van der Waals surface area contributed by atoms with E-state index < -0.39 is 0 Å². The van der Waals surface area contributed by atoms with Crippen molar-refractivity contribution in [3.63, 3.8) is 0 Å². The molecule has 72 valence electrons. The summed E-state index contributed by atoms with van der Waals surface area (Å²) >= 11 is 0. The number of esters is 1. The highest BCUT2D eigenvalue weighted by molar-refractivity contribution is 5.74. The topological polar surface area (TPSA) is 26.3 Å². The molecule has 0 aliphatic heterocycles. The van der Waals surface area contributed by atoms with Gasteiger partial charge in [-0.1, -0.05) is 18.2 Å². The van der Waals surface area contributed by atoms with Crippen LogP contribution in [0.4, 0.5) is 0 Å². The van der Waals surface area contributed by atoms with E-state index in [0.29, 0.717) is 6.42 Å². The van der Waals surface area contributed by atoms with E-state index in [0.717, 1.165) is 0 Å². The fourth-order valence-corrected chi connectivity index (χ4v) is 1.02. The van der Waals surface area contributed by atoms with E-state index in [2.05, 4.69) is 24.5 Å². The zero-order valence-electron chi connectivity index (χ0n) is 8.03. The Labute approximate surface area is 79.6 Å². The second-order valence-corrected chi connectivity index (χ2v) is 2.74. The van der Waals surface area contributed by atoms with Crippen molar-refractivity contribution in [2.24, 2.45) is 11.8 Å². The Morgan fingerprint density at radius 2 is 1.85 bits per heavy atom. The SMILES string of the molecule is C=CC(C=C)CC(C=C)C(=O)OC. The van der Waals surface area contributed by atoms with Crippen LogP contribution in [-0.4, -0.2) is 13.1 Å². The van der Waals surface area contributed by atoms with E-state index in [1.807, 2.05) is 0 Å². The summed E-state index contributed by atoms with van der Waals surface area (Å²) in [5, 5.41) is 0. The minimum absolute atomic E-state index is 0.127. The quantitative estimate of drug-likeness (QED) is 0.463. The lowest BCUT2D eigenvalue weighted by atomic mass is 9.95. The molecular weight excluding hydrogens is 164 g/mol. The van der Waals surface area contributed by atoms with Gasteiger partial charge >= 0.3 is 5.97 Å². The van der Waals surface area contributed by atoms with Gasteiger partial charge in [0.05, 0.1) is 13.0 Å². The molecule has 13 heavy (non-hydrogen) atoms. The van der Waals surface area contributed by atoms with Crippen molar-refractivity contribution >= 4 is 5.97 Å². The molecule has 0 amide bonds. The molecule has 0 bridgehead atoms. The summed E-state index contributed by atoms with van der Waals surface area (Å²) in [6.45, 7) is 10.9. The second kappa shape index (κ2) is 6.23. The van der Waals surface area contributed by atoms with Crippen molar-refractivity contribution in [1.29, 1.82) is 0 Å². The van der Waals surface area contributed by atoms with Crippen LogP contribution in [0.5, 0.6) is 0 Å². The van der Waals surface area contributed by atoms with E-state index >= 15 is 0 Å². The molecule has 0 aromatic carbocycles. The van der Waals surface area contributed by atoms with Gasteiger partial charge in [-0.15, -0.1) is 19.7 Å². The molecule has 2 nitrogen and oxygen atoms in total. The third-order valence-electron chi connectivity index (χ3n) is 1.92. The molecule has 2 heteroatoms. The summed E-state index contributed by atoms with van der Waals surface area (Å²) in [5.41, 5.74) is 0. The van der Waals surface area contributed by atoms with E-state index in [1.54, 1.807) is 18.2 Å². The van der Waals surface area contributed by atoms with E-state index in [-0.39, 0.29) is 17.8 Å². The van der Waals surface area contributed by atoms with Crippen LogP contribution >= 0.6 is 0 Å². The zero-order valence-corrected chi connectivity index (χ0v) is 8.03. The number of carbonyl (C=O) groups excluding carboxylic acids is 1. The average Bonchev–Trinajstić information content (AvgIpc) is 2.19. The van der Waals surface area contributed by atoms with Crippen molar-refractivity contribution in [3.05, 3.63) is 38.0 Å². The molecule has 0 aliphatic carbocycles. The first-order chi connectivity index (χ1) is 6.19. The number of hydrogen-bond donors (Lipinski definition) is 0. The summed E-state index contributed by atoms with van der Waals surface area (Å²) < 4.78 is 4.61. The van der Waals surface area contributed by atoms with E-state index in [9.17, 15) is 4.79 Å². The highest BCUT2D eigenvalue weighted by Crippen LogP contribution is 2.16. The third-order valence-corrected chi connectivity index (χ3v) is 1.92. The molecule has 0 heterocycles. The normalized spacial score (nSPS) is 11.8. The average molecular weight is 180 g/mol. The van der Waals surface area contributed by atoms with E-state index in [4.69, 9.17) is 0 Å². The molecule has 1 unspecified atom stereocenters. The Balaban J connectivity index is 4.25.